The van der Waals surface area contributed by atoms with E-state index in [1.54, 1.807) is 0 Å². The molecule has 0 aromatic carbocycles. The third-order valence-corrected chi connectivity index (χ3v) is 14.8. The van der Waals surface area contributed by atoms with Crippen molar-refractivity contribution in [2.75, 3.05) is 13.2 Å². The number of unbranched alkanes of at least 4 members (excludes halogenated alkanes) is 35. The molecule has 1 atom stereocenters. The molecule has 460 valence electrons. The van der Waals surface area contributed by atoms with E-state index in [9.17, 15) is 14.4 Å². The minimum atomic E-state index is -0.778. The molecule has 0 amide bonds. The maximum Gasteiger partial charge on any atom is 0.306 e. The third-order valence-electron chi connectivity index (χ3n) is 14.8. The molecule has 0 aliphatic carbocycles. The van der Waals surface area contributed by atoms with E-state index < -0.39 is 6.10 Å². The van der Waals surface area contributed by atoms with Gasteiger partial charge in [-0.2, -0.15) is 0 Å². The standard InChI is InChI=1S/C74H128O6/c1-4-7-10-13-16-19-22-24-26-28-29-30-31-32-33-34-35-36-37-38-39-40-41-42-43-44-45-47-48-50-52-55-58-61-64-67-73(76)79-70-71(69-78-72(75)66-63-60-57-54-21-18-15-12-9-6-3)80-74(77)68-65-62-59-56-53-51-49-46-27-25-23-20-17-14-11-8-5-2/h7,10,12,15-16,19,24,26,29-30,32-33,35-36,38-39,71H,4-6,8-9,11,13-14,17-18,20-23,25,27-28,31,34,37,40-70H2,1-3H3/b10-7-,15-12-,19-16-,26-24-,30-29-,33-32-,36-35-,39-38-. The van der Waals surface area contributed by atoms with Crippen molar-refractivity contribution in [3.05, 3.63) is 97.2 Å². The van der Waals surface area contributed by atoms with Crippen LogP contribution in [0, 0.1) is 0 Å². The Kier molecular flexibility index (Phi) is 64.7. The molecule has 0 radical (unpaired) electrons. The van der Waals surface area contributed by atoms with Crippen LogP contribution in [0.4, 0.5) is 0 Å². The Labute approximate surface area is 496 Å². The molecule has 0 fully saturated rings. The number of carbonyl (C=O) groups excluding carboxylic acids is 3. The molecule has 0 aromatic heterocycles. The Morgan fingerprint density at radius 3 is 0.825 bits per heavy atom. The first-order chi connectivity index (χ1) is 39.5. The van der Waals surface area contributed by atoms with Crippen LogP contribution in [-0.2, 0) is 28.6 Å². The minimum Gasteiger partial charge on any atom is -0.462 e. The van der Waals surface area contributed by atoms with Crippen molar-refractivity contribution in [1.29, 1.82) is 0 Å². The predicted octanol–water partition coefficient (Wildman–Crippen LogP) is 23.6. The number of ether oxygens (including phenoxy) is 3. The van der Waals surface area contributed by atoms with Gasteiger partial charge in [0.05, 0.1) is 0 Å². The number of hydrogen-bond acceptors (Lipinski definition) is 6. The topological polar surface area (TPSA) is 78.9 Å². The summed E-state index contributed by atoms with van der Waals surface area (Å²) in [6, 6.07) is 0. The fourth-order valence-corrected chi connectivity index (χ4v) is 9.72. The quantitative estimate of drug-likeness (QED) is 0.0261. The largest absolute Gasteiger partial charge is 0.462 e. The van der Waals surface area contributed by atoms with E-state index in [1.807, 2.05) is 0 Å². The summed E-state index contributed by atoms with van der Waals surface area (Å²) in [5.41, 5.74) is 0. The number of rotatable bonds is 62. The van der Waals surface area contributed by atoms with Crippen LogP contribution in [0.5, 0.6) is 0 Å². The number of esters is 3. The van der Waals surface area contributed by atoms with Gasteiger partial charge in [-0.05, 0) is 96.3 Å². The van der Waals surface area contributed by atoms with E-state index in [2.05, 4.69) is 118 Å². The molecule has 0 bridgehead atoms. The summed E-state index contributed by atoms with van der Waals surface area (Å²) in [5.74, 6) is -0.873. The van der Waals surface area contributed by atoms with Gasteiger partial charge in [0.15, 0.2) is 6.10 Å². The van der Waals surface area contributed by atoms with E-state index in [0.717, 1.165) is 116 Å². The van der Waals surface area contributed by atoms with Crippen molar-refractivity contribution in [3.8, 4) is 0 Å². The molecule has 0 aliphatic heterocycles. The van der Waals surface area contributed by atoms with E-state index in [4.69, 9.17) is 14.2 Å². The number of allylic oxidation sites excluding steroid dienone is 16. The maximum atomic E-state index is 12.9. The summed E-state index contributed by atoms with van der Waals surface area (Å²) in [7, 11) is 0. The molecule has 0 rings (SSSR count). The van der Waals surface area contributed by atoms with Gasteiger partial charge in [0.25, 0.3) is 0 Å². The molecular formula is C74H128O6. The van der Waals surface area contributed by atoms with E-state index in [1.165, 1.54) is 180 Å². The SMILES string of the molecule is CC/C=C\C/C=C\C/C=C\C/C=C\C/C=C\C/C=C\C/C=C\CCCCCCCCCCCCCCCC(=O)OCC(COC(=O)CCCCCCC/C=C\CCC)OC(=O)CCCCCCCCCCCCCCCCCCC. The molecule has 0 N–H and O–H groups in total. The lowest BCUT2D eigenvalue weighted by Gasteiger charge is -2.18. The second kappa shape index (κ2) is 67.8. The summed E-state index contributed by atoms with van der Waals surface area (Å²) >= 11 is 0. The molecule has 80 heavy (non-hydrogen) atoms. The van der Waals surface area contributed by atoms with Crippen LogP contribution in [0.2, 0.25) is 0 Å². The second-order valence-corrected chi connectivity index (χ2v) is 22.7. The van der Waals surface area contributed by atoms with Crippen LogP contribution in [-0.4, -0.2) is 37.2 Å². The molecule has 0 aromatic rings. The Morgan fingerprint density at radius 1 is 0.263 bits per heavy atom. The van der Waals surface area contributed by atoms with Gasteiger partial charge in [-0.25, -0.2) is 0 Å². The summed E-state index contributed by atoms with van der Waals surface area (Å²) < 4.78 is 16.9. The third kappa shape index (κ3) is 65.1. The highest BCUT2D eigenvalue weighted by atomic mass is 16.6. The van der Waals surface area contributed by atoms with Crippen molar-refractivity contribution in [2.45, 2.75) is 341 Å². The van der Waals surface area contributed by atoms with Gasteiger partial charge in [-0.1, -0.05) is 317 Å². The van der Waals surface area contributed by atoms with Crippen molar-refractivity contribution < 1.29 is 28.6 Å². The van der Waals surface area contributed by atoms with Crippen LogP contribution in [0.3, 0.4) is 0 Å². The van der Waals surface area contributed by atoms with Crippen LogP contribution < -0.4 is 0 Å². The van der Waals surface area contributed by atoms with Gasteiger partial charge < -0.3 is 14.2 Å². The Balaban J connectivity index is 4.12. The zero-order chi connectivity index (χ0) is 57.8. The van der Waals surface area contributed by atoms with Crippen molar-refractivity contribution in [3.63, 3.8) is 0 Å². The zero-order valence-electron chi connectivity index (χ0n) is 52.8. The van der Waals surface area contributed by atoms with Gasteiger partial charge in [0.2, 0.25) is 0 Å². The van der Waals surface area contributed by atoms with Crippen molar-refractivity contribution in [2.24, 2.45) is 0 Å². The van der Waals surface area contributed by atoms with Crippen molar-refractivity contribution >= 4 is 17.9 Å². The predicted molar refractivity (Wildman–Crippen MR) is 348 cm³/mol. The zero-order valence-corrected chi connectivity index (χ0v) is 52.8. The summed E-state index contributed by atoms with van der Waals surface area (Å²) in [5, 5.41) is 0. The van der Waals surface area contributed by atoms with Crippen LogP contribution in [0.25, 0.3) is 0 Å². The van der Waals surface area contributed by atoms with Gasteiger partial charge in [-0.3, -0.25) is 14.4 Å². The summed E-state index contributed by atoms with van der Waals surface area (Å²) in [6.45, 7) is 6.49. The molecule has 0 saturated heterocycles. The first-order valence-corrected chi connectivity index (χ1v) is 34.2. The van der Waals surface area contributed by atoms with E-state index in [0.29, 0.717) is 19.3 Å². The monoisotopic (exact) mass is 1110 g/mol. The lowest BCUT2D eigenvalue weighted by Crippen LogP contribution is -2.30. The molecular weight excluding hydrogens is 985 g/mol. The van der Waals surface area contributed by atoms with Crippen molar-refractivity contribution in [1.82, 2.24) is 0 Å². The molecule has 0 heterocycles. The molecule has 0 spiro atoms. The fourth-order valence-electron chi connectivity index (χ4n) is 9.72. The molecule has 6 nitrogen and oxygen atoms in total. The normalized spacial score (nSPS) is 12.7. The number of hydrogen-bond donors (Lipinski definition) is 0. The first kappa shape index (κ1) is 76.3. The van der Waals surface area contributed by atoms with Crippen LogP contribution in [0.15, 0.2) is 97.2 Å². The number of carbonyl (C=O) groups is 3. The van der Waals surface area contributed by atoms with Gasteiger partial charge in [-0.15, -0.1) is 0 Å². The Hall–Kier alpha value is -3.67. The highest BCUT2D eigenvalue weighted by molar-refractivity contribution is 5.71. The smallest absolute Gasteiger partial charge is 0.306 e. The average molecular weight is 1110 g/mol. The minimum absolute atomic E-state index is 0.0761. The molecule has 1 unspecified atom stereocenters. The summed E-state index contributed by atoms with van der Waals surface area (Å²) in [4.78, 5) is 38.2. The van der Waals surface area contributed by atoms with E-state index in [-0.39, 0.29) is 31.1 Å². The Morgan fingerprint density at radius 2 is 0.512 bits per heavy atom. The maximum absolute atomic E-state index is 12.9. The molecule has 0 aliphatic rings. The molecule has 6 heteroatoms. The van der Waals surface area contributed by atoms with E-state index >= 15 is 0 Å². The van der Waals surface area contributed by atoms with Crippen LogP contribution >= 0.6 is 0 Å². The molecule has 0 saturated carbocycles. The Bertz CT molecular complexity index is 1560. The highest BCUT2D eigenvalue weighted by Gasteiger charge is 2.19. The van der Waals surface area contributed by atoms with Gasteiger partial charge in [0, 0.05) is 19.3 Å². The second-order valence-electron chi connectivity index (χ2n) is 22.7. The van der Waals surface area contributed by atoms with Gasteiger partial charge in [0.1, 0.15) is 13.2 Å². The fraction of sp³-hybridized carbons (Fsp3) is 0.743. The summed E-state index contributed by atoms with van der Waals surface area (Å²) in [6.07, 6.45) is 91.6. The lowest BCUT2D eigenvalue weighted by molar-refractivity contribution is -0.167. The first-order valence-electron chi connectivity index (χ1n) is 34.2. The average Bonchev–Trinajstić information content (AvgIpc) is 3.46. The van der Waals surface area contributed by atoms with Gasteiger partial charge >= 0.3 is 17.9 Å². The van der Waals surface area contributed by atoms with Crippen LogP contribution in [0.1, 0.15) is 335 Å². The highest BCUT2D eigenvalue weighted by Crippen LogP contribution is 2.17. The lowest BCUT2D eigenvalue weighted by atomic mass is 10.0.